The molecule has 0 saturated carbocycles. The molecule has 0 bridgehead atoms. The third-order valence-electron chi connectivity index (χ3n) is 4.13. The Morgan fingerprint density at radius 3 is 1.97 bits per heavy atom. The van der Waals surface area contributed by atoms with Gasteiger partial charge in [0.05, 0.1) is 6.04 Å². The van der Waals surface area contributed by atoms with E-state index in [1.807, 2.05) is 0 Å². The van der Waals surface area contributed by atoms with Gasteiger partial charge in [-0.05, 0) is 32.7 Å². The fourth-order valence-corrected chi connectivity index (χ4v) is 2.55. The molecule has 0 rings (SSSR count). The Hall–Kier alpha value is -2.38. The first-order valence-corrected chi connectivity index (χ1v) is 10.1. The largest absolute Gasteiger partial charge is 0.481 e. The quantitative estimate of drug-likeness (QED) is 0.100. The van der Waals surface area contributed by atoms with Crippen LogP contribution in [0.5, 0.6) is 0 Å². The van der Waals surface area contributed by atoms with E-state index in [-0.39, 0.29) is 12.2 Å². The Morgan fingerprint density at radius 2 is 1.47 bits per heavy atom. The summed E-state index contributed by atoms with van der Waals surface area (Å²) in [4.78, 5) is 58.7. The molecule has 12 nitrogen and oxygen atoms in total. The zero-order valence-electron chi connectivity index (χ0n) is 16.8. The third-order valence-corrected chi connectivity index (χ3v) is 4.50. The van der Waals surface area contributed by atoms with Crippen molar-refractivity contribution < 1.29 is 34.2 Å². The van der Waals surface area contributed by atoms with Crippen LogP contribution in [-0.2, 0) is 24.0 Å². The second kappa shape index (κ2) is 14.6. The number of carbonyl (C=O) groups is 5. The predicted octanol–water partition coefficient (Wildman–Crippen LogP) is -2.20. The average Bonchev–Trinajstić information content (AvgIpc) is 2.68. The van der Waals surface area contributed by atoms with Gasteiger partial charge in [-0.3, -0.25) is 24.0 Å². The second-order valence-corrected chi connectivity index (χ2v) is 7.06. The molecule has 0 aromatic heterocycles. The fourth-order valence-electron chi connectivity index (χ4n) is 2.30. The van der Waals surface area contributed by atoms with Gasteiger partial charge in [0.15, 0.2) is 0 Å². The van der Waals surface area contributed by atoms with Crippen LogP contribution in [0.25, 0.3) is 0 Å². The summed E-state index contributed by atoms with van der Waals surface area (Å²) in [5.41, 5.74) is 11.2. The van der Waals surface area contributed by atoms with Crippen molar-refractivity contribution in [2.75, 3.05) is 12.3 Å². The molecule has 3 amide bonds. The summed E-state index contributed by atoms with van der Waals surface area (Å²) in [5, 5.41) is 24.7. The molecule has 0 aliphatic heterocycles. The van der Waals surface area contributed by atoms with Crippen molar-refractivity contribution in [1.82, 2.24) is 16.0 Å². The maximum atomic E-state index is 12.6. The van der Waals surface area contributed by atoms with E-state index in [9.17, 15) is 24.0 Å². The molecule has 0 spiro atoms. The monoisotopic (exact) mass is 449 g/mol. The molecule has 0 aromatic carbocycles. The van der Waals surface area contributed by atoms with Crippen molar-refractivity contribution in [2.45, 2.75) is 63.2 Å². The van der Waals surface area contributed by atoms with Gasteiger partial charge in [0.1, 0.15) is 18.1 Å². The number of amides is 3. The number of nitrogens with two attached hydrogens (primary N) is 2. The molecular weight excluding hydrogens is 418 g/mol. The van der Waals surface area contributed by atoms with Gasteiger partial charge in [0.2, 0.25) is 17.7 Å². The number of hydrogen-bond acceptors (Lipinski definition) is 8. The van der Waals surface area contributed by atoms with Gasteiger partial charge in [0, 0.05) is 12.2 Å². The number of carboxylic acid groups (broad SMARTS) is 2. The van der Waals surface area contributed by atoms with Gasteiger partial charge in [-0.1, -0.05) is 6.42 Å². The maximum Gasteiger partial charge on any atom is 0.325 e. The molecule has 0 heterocycles. The fraction of sp³-hybridized carbons (Fsp3) is 0.706. The van der Waals surface area contributed by atoms with E-state index >= 15 is 0 Å². The van der Waals surface area contributed by atoms with Crippen LogP contribution in [0.15, 0.2) is 0 Å². The first kappa shape index (κ1) is 27.6. The smallest absolute Gasteiger partial charge is 0.325 e. The Labute approximate surface area is 179 Å². The lowest BCUT2D eigenvalue weighted by Gasteiger charge is -2.23. The molecule has 30 heavy (non-hydrogen) atoms. The molecule has 9 N–H and O–H groups in total. The van der Waals surface area contributed by atoms with Gasteiger partial charge >= 0.3 is 11.9 Å². The van der Waals surface area contributed by atoms with E-state index in [0.29, 0.717) is 25.8 Å². The van der Waals surface area contributed by atoms with Crippen molar-refractivity contribution in [2.24, 2.45) is 11.5 Å². The van der Waals surface area contributed by atoms with Crippen molar-refractivity contribution in [1.29, 1.82) is 0 Å². The van der Waals surface area contributed by atoms with Crippen molar-refractivity contribution >= 4 is 42.3 Å². The summed E-state index contributed by atoms with van der Waals surface area (Å²) in [6.45, 7) is 1.70. The van der Waals surface area contributed by atoms with Crippen LogP contribution >= 0.6 is 12.6 Å². The summed E-state index contributed by atoms with van der Waals surface area (Å²) < 4.78 is 0. The highest BCUT2D eigenvalue weighted by Gasteiger charge is 2.29. The summed E-state index contributed by atoms with van der Waals surface area (Å²) >= 11 is 3.97. The number of carboxylic acids is 2. The number of carbonyl (C=O) groups excluding carboxylic acids is 3. The summed E-state index contributed by atoms with van der Waals surface area (Å²) in [6, 6.07) is -4.53. The average molecular weight is 450 g/mol. The Kier molecular flexibility index (Phi) is 13.4. The van der Waals surface area contributed by atoms with Gasteiger partial charge in [-0.25, -0.2) is 0 Å². The molecule has 0 aliphatic rings. The number of hydrogen-bond donors (Lipinski definition) is 8. The van der Waals surface area contributed by atoms with E-state index in [0.717, 1.165) is 0 Å². The van der Waals surface area contributed by atoms with Crippen LogP contribution < -0.4 is 27.4 Å². The molecule has 0 aromatic rings. The SMILES string of the molecule is CC(NC(=O)C(CS)NC(=O)C(CCC(=O)O)NC(=O)C(N)CCCCN)C(=O)O. The highest BCUT2D eigenvalue weighted by molar-refractivity contribution is 7.80. The Morgan fingerprint density at radius 1 is 0.900 bits per heavy atom. The van der Waals surface area contributed by atoms with E-state index < -0.39 is 60.2 Å². The van der Waals surface area contributed by atoms with E-state index in [4.69, 9.17) is 21.7 Å². The molecule has 4 unspecified atom stereocenters. The zero-order chi connectivity index (χ0) is 23.3. The maximum absolute atomic E-state index is 12.6. The third kappa shape index (κ3) is 11.0. The number of unbranched alkanes of at least 4 members (excludes halogenated alkanes) is 1. The summed E-state index contributed by atoms with van der Waals surface area (Å²) in [7, 11) is 0. The van der Waals surface area contributed by atoms with E-state index in [1.165, 1.54) is 6.92 Å². The molecule has 0 radical (unpaired) electrons. The van der Waals surface area contributed by atoms with Gasteiger partial charge < -0.3 is 37.6 Å². The van der Waals surface area contributed by atoms with Crippen molar-refractivity contribution in [3.8, 4) is 0 Å². The van der Waals surface area contributed by atoms with Crippen LogP contribution in [0.2, 0.25) is 0 Å². The zero-order valence-corrected chi connectivity index (χ0v) is 17.7. The van der Waals surface area contributed by atoms with E-state index in [1.54, 1.807) is 0 Å². The second-order valence-electron chi connectivity index (χ2n) is 6.70. The summed E-state index contributed by atoms with van der Waals surface area (Å²) in [5.74, 6) is -4.81. The minimum atomic E-state index is -1.26. The Bertz CT molecular complexity index is 619. The molecule has 13 heteroatoms. The molecule has 172 valence electrons. The first-order chi connectivity index (χ1) is 14.0. The van der Waals surface area contributed by atoms with Crippen LogP contribution in [0.1, 0.15) is 39.0 Å². The number of rotatable bonds is 15. The molecule has 4 atom stereocenters. The van der Waals surface area contributed by atoms with Gasteiger partial charge in [-0.2, -0.15) is 12.6 Å². The van der Waals surface area contributed by atoms with Crippen LogP contribution in [0, 0.1) is 0 Å². The van der Waals surface area contributed by atoms with E-state index in [2.05, 4.69) is 28.6 Å². The van der Waals surface area contributed by atoms with Crippen LogP contribution in [0.3, 0.4) is 0 Å². The molecule has 0 fully saturated rings. The lowest BCUT2D eigenvalue weighted by Crippen LogP contribution is -2.57. The van der Waals surface area contributed by atoms with Gasteiger partial charge in [-0.15, -0.1) is 0 Å². The molecular formula is C17H31N5O7S. The molecule has 0 saturated heterocycles. The van der Waals surface area contributed by atoms with Crippen LogP contribution in [-0.4, -0.2) is 76.3 Å². The first-order valence-electron chi connectivity index (χ1n) is 9.45. The topological polar surface area (TPSA) is 214 Å². The highest BCUT2D eigenvalue weighted by atomic mass is 32.1. The normalized spacial score (nSPS) is 14.7. The number of nitrogens with one attached hydrogen (secondary N) is 3. The Balaban J connectivity index is 5.09. The lowest BCUT2D eigenvalue weighted by molar-refractivity contribution is -0.141. The highest BCUT2D eigenvalue weighted by Crippen LogP contribution is 2.04. The minimum absolute atomic E-state index is 0.151. The van der Waals surface area contributed by atoms with Gasteiger partial charge in [0.25, 0.3) is 0 Å². The number of thiol groups is 1. The standard InChI is InChI=1S/C17H31N5O7S/c1-9(17(28)29)20-16(27)12(8-30)22-15(26)11(5-6-13(23)24)21-14(25)10(19)4-2-3-7-18/h9-12,30H,2-8,18-19H2,1H3,(H,20,27)(H,21,25)(H,22,26)(H,23,24)(H,28,29). The number of aliphatic carboxylic acids is 2. The lowest BCUT2D eigenvalue weighted by atomic mass is 10.1. The predicted molar refractivity (Wildman–Crippen MR) is 111 cm³/mol. The van der Waals surface area contributed by atoms with Crippen molar-refractivity contribution in [3.63, 3.8) is 0 Å². The summed E-state index contributed by atoms with van der Waals surface area (Å²) in [6.07, 6.45) is 0.993. The molecule has 0 aliphatic carbocycles. The van der Waals surface area contributed by atoms with Crippen molar-refractivity contribution in [3.05, 3.63) is 0 Å². The minimum Gasteiger partial charge on any atom is -0.481 e. The van der Waals surface area contributed by atoms with Crippen LogP contribution in [0.4, 0.5) is 0 Å².